The molecule has 2 N–H and O–H groups in total. The Hall–Kier alpha value is -2.40. The lowest BCUT2D eigenvalue weighted by Gasteiger charge is -2.36. The molecule has 2 aromatic rings. The maximum atomic E-state index is 11.4. The van der Waals surface area contributed by atoms with Gasteiger partial charge in [0.25, 0.3) is 0 Å². The van der Waals surface area contributed by atoms with E-state index < -0.39 is 12.2 Å². The van der Waals surface area contributed by atoms with E-state index in [1.807, 2.05) is 42.5 Å². The normalized spacial score (nSPS) is 19.3. The molecule has 1 saturated heterocycles. The fourth-order valence-electron chi connectivity index (χ4n) is 3.16. The molecule has 2 heterocycles. The van der Waals surface area contributed by atoms with Crippen molar-refractivity contribution in [2.75, 3.05) is 6.54 Å². The van der Waals surface area contributed by atoms with Crippen LogP contribution < -0.4 is 0 Å². The van der Waals surface area contributed by atoms with E-state index in [-0.39, 0.29) is 6.04 Å². The van der Waals surface area contributed by atoms with E-state index in [0.29, 0.717) is 13.0 Å². The maximum absolute atomic E-state index is 11.4. The standard InChI is InChI=1S/C18H20N2O3/c21-17(16-9-2-4-11-20(16)18(22)23)14-7-5-6-13(12-14)15-8-1-3-10-19-15/h1,3,5-8,10,12,16-17,21H,2,4,9,11H2,(H,22,23)/t16-,17?/m0/s1. The topological polar surface area (TPSA) is 73.7 Å². The van der Waals surface area contributed by atoms with Gasteiger partial charge in [-0.25, -0.2) is 4.79 Å². The molecule has 3 rings (SSSR count). The molecule has 23 heavy (non-hydrogen) atoms. The Labute approximate surface area is 135 Å². The van der Waals surface area contributed by atoms with Crippen LogP contribution in [0.5, 0.6) is 0 Å². The van der Waals surface area contributed by atoms with Gasteiger partial charge in [-0.1, -0.05) is 24.3 Å². The molecule has 5 heteroatoms. The average Bonchev–Trinajstić information content (AvgIpc) is 2.62. The van der Waals surface area contributed by atoms with Gasteiger partial charge in [0.15, 0.2) is 0 Å². The van der Waals surface area contributed by atoms with E-state index in [9.17, 15) is 15.0 Å². The molecular weight excluding hydrogens is 292 g/mol. The Morgan fingerprint density at radius 3 is 2.83 bits per heavy atom. The minimum atomic E-state index is -0.963. The van der Waals surface area contributed by atoms with Crippen molar-refractivity contribution in [3.8, 4) is 11.3 Å². The van der Waals surface area contributed by atoms with Crippen molar-refractivity contribution in [1.82, 2.24) is 9.88 Å². The van der Waals surface area contributed by atoms with Crippen molar-refractivity contribution in [3.05, 3.63) is 54.2 Å². The number of hydrogen-bond acceptors (Lipinski definition) is 3. The molecule has 2 atom stereocenters. The molecule has 1 unspecified atom stereocenters. The van der Waals surface area contributed by atoms with Gasteiger partial charge >= 0.3 is 6.09 Å². The Morgan fingerprint density at radius 2 is 2.09 bits per heavy atom. The Balaban J connectivity index is 1.87. The average molecular weight is 312 g/mol. The molecule has 0 spiro atoms. The van der Waals surface area contributed by atoms with Crippen molar-refractivity contribution in [2.24, 2.45) is 0 Å². The molecule has 1 fully saturated rings. The third-order valence-electron chi connectivity index (χ3n) is 4.35. The lowest BCUT2D eigenvalue weighted by Crippen LogP contribution is -2.46. The first-order valence-corrected chi connectivity index (χ1v) is 7.86. The third-order valence-corrected chi connectivity index (χ3v) is 4.35. The number of pyridine rings is 1. The molecule has 0 radical (unpaired) electrons. The molecule has 5 nitrogen and oxygen atoms in total. The number of amides is 1. The number of carboxylic acid groups (broad SMARTS) is 1. The van der Waals surface area contributed by atoms with Gasteiger partial charge in [-0.2, -0.15) is 0 Å². The second-order valence-electron chi connectivity index (χ2n) is 5.82. The van der Waals surface area contributed by atoms with Crippen molar-refractivity contribution >= 4 is 6.09 Å². The van der Waals surface area contributed by atoms with E-state index in [1.165, 1.54) is 4.90 Å². The van der Waals surface area contributed by atoms with Gasteiger partial charge in [-0.3, -0.25) is 4.98 Å². The van der Waals surface area contributed by atoms with Gasteiger partial charge in [0, 0.05) is 18.3 Å². The SMILES string of the molecule is O=C(O)N1CCCC[C@H]1C(O)c1cccc(-c2ccccn2)c1. The Bertz CT molecular complexity index is 675. The molecule has 1 aromatic carbocycles. The summed E-state index contributed by atoms with van der Waals surface area (Å²) in [5.41, 5.74) is 2.48. The minimum Gasteiger partial charge on any atom is -0.465 e. The predicted molar refractivity (Wildman–Crippen MR) is 87.0 cm³/mol. The smallest absolute Gasteiger partial charge is 0.407 e. The molecule has 1 aliphatic rings. The summed E-state index contributed by atoms with van der Waals surface area (Å²) < 4.78 is 0. The van der Waals surface area contributed by atoms with Gasteiger partial charge in [0.2, 0.25) is 0 Å². The first kappa shape index (κ1) is 15.5. The van der Waals surface area contributed by atoms with Gasteiger partial charge in [0.05, 0.1) is 17.8 Å². The zero-order chi connectivity index (χ0) is 16.2. The maximum Gasteiger partial charge on any atom is 0.407 e. The molecule has 0 bridgehead atoms. The van der Waals surface area contributed by atoms with E-state index in [2.05, 4.69) is 4.98 Å². The molecule has 1 amide bonds. The number of rotatable bonds is 3. The Morgan fingerprint density at radius 1 is 1.22 bits per heavy atom. The second kappa shape index (κ2) is 6.79. The minimum absolute atomic E-state index is 0.389. The van der Waals surface area contributed by atoms with E-state index >= 15 is 0 Å². The highest BCUT2D eigenvalue weighted by molar-refractivity contribution is 5.66. The van der Waals surface area contributed by atoms with Gasteiger partial charge in [-0.05, 0) is 43.0 Å². The number of hydrogen-bond donors (Lipinski definition) is 2. The summed E-state index contributed by atoms with van der Waals surface area (Å²) in [5, 5.41) is 20.1. The van der Waals surface area contributed by atoms with Gasteiger partial charge in [-0.15, -0.1) is 0 Å². The molecule has 1 aliphatic heterocycles. The van der Waals surface area contributed by atoms with Crippen LogP contribution in [0.2, 0.25) is 0 Å². The third kappa shape index (κ3) is 3.35. The number of nitrogens with zero attached hydrogens (tertiary/aromatic N) is 2. The first-order chi connectivity index (χ1) is 11.2. The van der Waals surface area contributed by atoms with Crippen molar-refractivity contribution < 1.29 is 15.0 Å². The van der Waals surface area contributed by atoms with Gasteiger partial charge < -0.3 is 15.1 Å². The highest BCUT2D eigenvalue weighted by atomic mass is 16.4. The van der Waals surface area contributed by atoms with Crippen LogP contribution in [-0.4, -0.2) is 38.8 Å². The number of benzene rings is 1. The monoisotopic (exact) mass is 312 g/mol. The summed E-state index contributed by atoms with van der Waals surface area (Å²) in [4.78, 5) is 17.1. The molecular formula is C18H20N2O3. The zero-order valence-electron chi connectivity index (χ0n) is 12.8. The molecule has 1 aromatic heterocycles. The summed E-state index contributed by atoms with van der Waals surface area (Å²) in [5.74, 6) is 0. The lowest BCUT2D eigenvalue weighted by atomic mass is 9.92. The largest absolute Gasteiger partial charge is 0.465 e. The second-order valence-corrected chi connectivity index (χ2v) is 5.82. The number of likely N-dealkylation sites (tertiary alicyclic amines) is 1. The van der Waals surface area contributed by atoms with E-state index in [1.54, 1.807) is 6.20 Å². The summed E-state index contributed by atoms with van der Waals surface area (Å²) in [7, 11) is 0. The van der Waals surface area contributed by atoms with Gasteiger partial charge in [0.1, 0.15) is 0 Å². The Kier molecular flexibility index (Phi) is 4.57. The van der Waals surface area contributed by atoms with Crippen LogP contribution in [0.1, 0.15) is 30.9 Å². The number of carbonyl (C=O) groups is 1. The summed E-state index contributed by atoms with van der Waals surface area (Å²) in [6.45, 7) is 0.483. The molecule has 120 valence electrons. The first-order valence-electron chi connectivity index (χ1n) is 7.86. The van der Waals surface area contributed by atoms with E-state index in [4.69, 9.17) is 0 Å². The predicted octanol–water partition coefficient (Wildman–Crippen LogP) is 3.31. The van der Waals surface area contributed by atoms with Crippen molar-refractivity contribution in [2.45, 2.75) is 31.4 Å². The van der Waals surface area contributed by atoms with Crippen LogP contribution in [0.4, 0.5) is 4.79 Å². The highest BCUT2D eigenvalue weighted by Crippen LogP contribution is 2.30. The van der Waals surface area contributed by atoms with Crippen LogP contribution in [0.25, 0.3) is 11.3 Å². The van der Waals surface area contributed by atoms with Crippen LogP contribution >= 0.6 is 0 Å². The number of aliphatic hydroxyl groups is 1. The fraction of sp³-hybridized carbons (Fsp3) is 0.333. The quantitative estimate of drug-likeness (QED) is 0.912. The van der Waals surface area contributed by atoms with Crippen molar-refractivity contribution in [3.63, 3.8) is 0 Å². The van der Waals surface area contributed by atoms with Crippen molar-refractivity contribution in [1.29, 1.82) is 0 Å². The van der Waals surface area contributed by atoms with Crippen LogP contribution in [0.3, 0.4) is 0 Å². The lowest BCUT2D eigenvalue weighted by molar-refractivity contribution is 0.0286. The molecule has 0 saturated carbocycles. The highest BCUT2D eigenvalue weighted by Gasteiger charge is 2.32. The summed E-state index contributed by atoms with van der Waals surface area (Å²) >= 11 is 0. The van der Waals surface area contributed by atoms with E-state index in [0.717, 1.165) is 29.7 Å². The fourth-order valence-corrected chi connectivity index (χ4v) is 3.16. The number of piperidine rings is 1. The summed E-state index contributed by atoms with van der Waals surface area (Å²) in [6, 6.07) is 12.8. The zero-order valence-corrected chi connectivity index (χ0v) is 12.8. The van der Waals surface area contributed by atoms with Crippen LogP contribution in [0, 0.1) is 0 Å². The molecule has 0 aliphatic carbocycles. The summed E-state index contributed by atoms with van der Waals surface area (Å²) in [6.07, 6.45) is 2.41. The van der Waals surface area contributed by atoms with Crippen LogP contribution in [-0.2, 0) is 0 Å². The van der Waals surface area contributed by atoms with Crippen LogP contribution in [0.15, 0.2) is 48.7 Å². The number of aliphatic hydroxyl groups excluding tert-OH is 1. The number of aromatic nitrogens is 1.